The molecule has 0 unspecified atom stereocenters. The Morgan fingerprint density at radius 3 is 2.81 bits per heavy atom. The van der Waals surface area contributed by atoms with Gasteiger partial charge in [-0.25, -0.2) is 4.98 Å². The largest absolute Gasteiger partial charge is 0.440 e. The smallest absolute Gasteiger partial charge is 0.205 e. The molecular formula is C12H16N2OS. The number of nitrogens with two attached hydrogens (primary N) is 1. The Hall–Kier alpha value is -1.16. The number of oxazole rings is 1. The van der Waals surface area contributed by atoms with Gasteiger partial charge in [-0.15, -0.1) is 11.8 Å². The molecule has 86 valence electrons. The first kappa shape index (κ1) is 11.3. The average Bonchev–Trinajstić information content (AvgIpc) is 2.55. The lowest BCUT2D eigenvalue weighted by atomic mass is 10.3. The van der Waals surface area contributed by atoms with E-state index >= 15 is 0 Å². The summed E-state index contributed by atoms with van der Waals surface area (Å²) in [5.74, 6) is 1.55. The van der Waals surface area contributed by atoms with Crippen molar-refractivity contribution < 1.29 is 4.42 Å². The monoisotopic (exact) mass is 236 g/mol. The molecule has 0 amide bonds. The van der Waals surface area contributed by atoms with Gasteiger partial charge in [-0.2, -0.15) is 0 Å². The number of nitrogen functional groups attached to an aromatic ring is 1. The van der Waals surface area contributed by atoms with E-state index in [4.69, 9.17) is 10.2 Å². The van der Waals surface area contributed by atoms with Crippen LogP contribution in [-0.4, -0.2) is 9.73 Å². The Balaban J connectivity index is 2.20. The van der Waals surface area contributed by atoms with Crippen LogP contribution in [0.5, 0.6) is 0 Å². The second-order valence-corrected chi connectivity index (χ2v) is 6.54. The summed E-state index contributed by atoms with van der Waals surface area (Å²) < 4.78 is 5.85. The van der Waals surface area contributed by atoms with Crippen LogP contribution in [-0.2, 0) is 5.75 Å². The van der Waals surface area contributed by atoms with E-state index in [1.165, 1.54) is 0 Å². The van der Waals surface area contributed by atoms with Crippen molar-refractivity contribution in [2.45, 2.75) is 31.3 Å². The van der Waals surface area contributed by atoms with Crippen LogP contribution in [0.25, 0.3) is 11.1 Å². The minimum Gasteiger partial charge on any atom is -0.440 e. The van der Waals surface area contributed by atoms with E-state index in [-0.39, 0.29) is 4.75 Å². The number of fused-ring (bicyclic) bond motifs is 1. The second-order valence-electron chi connectivity index (χ2n) is 4.74. The van der Waals surface area contributed by atoms with E-state index in [0.717, 1.165) is 28.4 Å². The molecule has 0 bridgehead atoms. The molecule has 16 heavy (non-hydrogen) atoms. The van der Waals surface area contributed by atoms with Crippen molar-refractivity contribution >= 4 is 28.5 Å². The molecule has 0 spiro atoms. The molecule has 0 aliphatic rings. The van der Waals surface area contributed by atoms with Crippen LogP contribution in [0.2, 0.25) is 0 Å². The summed E-state index contributed by atoms with van der Waals surface area (Å²) in [6.45, 7) is 6.54. The van der Waals surface area contributed by atoms with Crippen molar-refractivity contribution in [2.24, 2.45) is 0 Å². The summed E-state index contributed by atoms with van der Waals surface area (Å²) >= 11 is 1.82. The molecule has 4 heteroatoms. The molecule has 0 radical (unpaired) electrons. The van der Waals surface area contributed by atoms with Gasteiger partial charge in [-0.05, 0) is 18.2 Å². The van der Waals surface area contributed by atoms with Gasteiger partial charge < -0.3 is 10.2 Å². The molecule has 0 saturated heterocycles. The normalized spacial score (nSPS) is 12.2. The maximum Gasteiger partial charge on any atom is 0.205 e. The van der Waals surface area contributed by atoms with Gasteiger partial charge in [-0.3, -0.25) is 0 Å². The molecule has 0 aliphatic carbocycles. The van der Waals surface area contributed by atoms with Crippen molar-refractivity contribution in [3.8, 4) is 0 Å². The number of nitrogens with zero attached hydrogens (tertiary/aromatic N) is 1. The first-order valence-electron chi connectivity index (χ1n) is 5.23. The molecule has 1 aromatic carbocycles. The average molecular weight is 236 g/mol. The number of rotatable bonds is 2. The van der Waals surface area contributed by atoms with Crippen LogP contribution in [0.1, 0.15) is 26.7 Å². The molecule has 0 saturated carbocycles. The van der Waals surface area contributed by atoms with Crippen LogP contribution in [0.15, 0.2) is 22.6 Å². The van der Waals surface area contributed by atoms with E-state index in [1.807, 2.05) is 30.0 Å². The molecule has 2 rings (SSSR count). The van der Waals surface area contributed by atoms with Gasteiger partial charge >= 0.3 is 0 Å². The molecule has 3 nitrogen and oxygen atoms in total. The lowest BCUT2D eigenvalue weighted by Crippen LogP contribution is -2.07. The van der Waals surface area contributed by atoms with Gasteiger partial charge in [0.1, 0.15) is 5.52 Å². The predicted molar refractivity (Wildman–Crippen MR) is 69.5 cm³/mol. The third-order valence-electron chi connectivity index (χ3n) is 2.08. The van der Waals surface area contributed by atoms with Crippen molar-refractivity contribution in [3.05, 3.63) is 24.1 Å². The number of aromatic nitrogens is 1. The lowest BCUT2D eigenvalue weighted by molar-refractivity contribution is 0.555. The fourth-order valence-electron chi connectivity index (χ4n) is 1.33. The Morgan fingerprint density at radius 1 is 1.38 bits per heavy atom. The summed E-state index contributed by atoms with van der Waals surface area (Å²) in [7, 11) is 0. The van der Waals surface area contributed by atoms with Gasteiger partial charge in [0, 0.05) is 10.4 Å². The fourth-order valence-corrected chi connectivity index (χ4v) is 2.01. The van der Waals surface area contributed by atoms with Crippen LogP contribution in [0.4, 0.5) is 5.69 Å². The highest BCUT2D eigenvalue weighted by Crippen LogP contribution is 2.28. The summed E-state index contributed by atoms with van der Waals surface area (Å²) in [6.07, 6.45) is 0. The Bertz CT molecular complexity index is 499. The zero-order valence-corrected chi connectivity index (χ0v) is 10.6. The summed E-state index contributed by atoms with van der Waals surface area (Å²) in [6, 6.07) is 5.53. The minimum absolute atomic E-state index is 0.222. The number of thioether (sulfide) groups is 1. The topological polar surface area (TPSA) is 52.0 Å². The Kier molecular flexibility index (Phi) is 2.84. The van der Waals surface area contributed by atoms with Gasteiger partial charge in [0.25, 0.3) is 0 Å². The van der Waals surface area contributed by atoms with Crippen molar-refractivity contribution in [3.63, 3.8) is 0 Å². The van der Waals surface area contributed by atoms with Crippen LogP contribution in [0.3, 0.4) is 0 Å². The van der Waals surface area contributed by atoms with Gasteiger partial charge in [0.2, 0.25) is 5.89 Å². The third-order valence-corrected chi connectivity index (χ3v) is 3.34. The summed E-state index contributed by atoms with van der Waals surface area (Å²) in [4.78, 5) is 4.41. The quantitative estimate of drug-likeness (QED) is 0.811. The number of benzene rings is 1. The molecule has 0 fully saturated rings. The molecule has 2 aromatic rings. The van der Waals surface area contributed by atoms with Crippen LogP contribution >= 0.6 is 11.8 Å². The molecule has 1 aromatic heterocycles. The SMILES string of the molecule is CC(C)(C)SCc1nc2cc(N)ccc2o1. The lowest BCUT2D eigenvalue weighted by Gasteiger charge is -2.15. The fraction of sp³-hybridized carbons (Fsp3) is 0.417. The minimum atomic E-state index is 0.222. The zero-order valence-electron chi connectivity index (χ0n) is 9.78. The maximum absolute atomic E-state index is 5.69. The van der Waals surface area contributed by atoms with E-state index in [9.17, 15) is 0 Å². The summed E-state index contributed by atoms with van der Waals surface area (Å²) in [5, 5.41) is 0. The highest BCUT2D eigenvalue weighted by molar-refractivity contribution is 7.99. The number of anilines is 1. The first-order chi connectivity index (χ1) is 7.44. The number of hydrogen-bond acceptors (Lipinski definition) is 4. The Morgan fingerprint density at radius 2 is 2.12 bits per heavy atom. The molecule has 2 N–H and O–H groups in total. The van der Waals surface area contributed by atoms with Crippen molar-refractivity contribution in [1.29, 1.82) is 0 Å². The van der Waals surface area contributed by atoms with Gasteiger partial charge in [0.05, 0.1) is 5.75 Å². The van der Waals surface area contributed by atoms with E-state index in [0.29, 0.717) is 0 Å². The number of hydrogen-bond donors (Lipinski definition) is 1. The molecule has 0 atom stereocenters. The first-order valence-corrected chi connectivity index (χ1v) is 6.21. The molecule has 1 heterocycles. The third kappa shape index (κ3) is 2.70. The van der Waals surface area contributed by atoms with E-state index < -0.39 is 0 Å². The van der Waals surface area contributed by atoms with E-state index in [2.05, 4.69) is 25.8 Å². The Labute approximate surface area is 99.4 Å². The standard InChI is InChI=1S/C12H16N2OS/c1-12(2,3)16-7-11-14-9-6-8(13)4-5-10(9)15-11/h4-6H,7,13H2,1-3H3. The zero-order chi connectivity index (χ0) is 11.8. The van der Waals surface area contributed by atoms with Crippen LogP contribution < -0.4 is 5.73 Å². The molecular weight excluding hydrogens is 220 g/mol. The summed E-state index contributed by atoms with van der Waals surface area (Å²) in [5.41, 5.74) is 8.05. The maximum atomic E-state index is 5.69. The van der Waals surface area contributed by atoms with Crippen LogP contribution in [0, 0.1) is 0 Å². The second kappa shape index (κ2) is 4.01. The van der Waals surface area contributed by atoms with E-state index in [1.54, 1.807) is 0 Å². The van der Waals surface area contributed by atoms with Gasteiger partial charge in [0.15, 0.2) is 5.58 Å². The van der Waals surface area contributed by atoms with Gasteiger partial charge in [-0.1, -0.05) is 20.8 Å². The highest BCUT2D eigenvalue weighted by atomic mass is 32.2. The molecule has 0 aliphatic heterocycles. The van der Waals surface area contributed by atoms with Crippen molar-refractivity contribution in [2.75, 3.05) is 5.73 Å². The highest BCUT2D eigenvalue weighted by Gasteiger charge is 2.13. The predicted octanol–water partition coefficient (Wildman–Crippen LogP) is 3.44. The van der Waals surface area contributed by atoms with Crippen molar-refractivity contribution in [1.82, 2.24) is 4.98 Å².